The Morgan fingerprint density at radius 2 is 2.00 bits per heavy atom. The zero-order valence-electron chi connectivity index (χ0n) is 8.96. The molecule has 0 aromatic rings. The van der Waals surface area contributed by atoms with E-state index in [1.54, 1.807) is 12.2 Å². The normalized spacial score (nSPS) is 17.8. The van der Waals surface area contributed by atoms with Crippen LogP contribution in [0.15, 0.2) is 23.9 Å². The zero-order chi connectivity index (χ0) is 11.8. The van der Waals surface area contributed by atoms with Crippen molar-refractivity contribution in [2.75, 3.05) is 26.3 Å². The van der Waals surface area contributed by atoms with Gasteiger partial charge in [-0.3, -0.25) is 9.59 Å². The van der Waals surface area contributed by atoms with E-state index in [4.69, 9.17) is 9.84 Å². The van der Waals surface area contributed by atoms with E-state index in [0.29, 0.717) is 38.3 Å². The molecule has 5 nitrogen and oxygen atoms in total. The fraction of sp³-hybridized carbons (Fsp3) is 0.455. The summed E-state index contributed by atoms with van der Waals surface area (Å²) in [7, 11) is 0. The molecular weight excluding hydrogens is 210 g/mol. The SMILES string of the molecule is O=C/C=C/C=C(/CC(=O)O)N1CCOCC1. The number of hydrogen-bond acceptors (Lipinski definition) is 4. The van der Waals surface area contributed by atoms with Crippen LogP contribution in [0.1, 0.15) is 6.42 Å². The van der Waals surface area contributed by atoms with Gasteiger partial charge in [0.25, 0.3) is 0 Å². The van der Waals surface area contributed by atoms with Crippen LogP contribution in [0.5, 0.6) is 0 Å². The minimum atomic E-state index is -0.878. The second-order valence-electron chi connectivity index (χ2n) is 3.35. The van der Waals surface area contributed by atoms with Crippen molar-refractivity contribution in [3.63, 3.8) is 0 Å². The highest BCUT2D eigenvalue weighted by atomic mass is 16.5. The second kappa shape index (κ2) is 6.79. The van der Waals surface area contributed by atoms with Crippen LogP contribution < -0.4 is 0 Å². The van der Waals surface area contributed by atoms with Crippen LogP contribution in [-0.4, -0.2) is 48.6 Å². The molecule has 1 aliphatic heterocycles. The summed E-state index contributed by atoms with van der Waals surface area (Å²) in [4.78, 5) is 22.8. The van der Waals surface area contributed by atoms with E-state index < -0.39 is 5.97 Å². The number of allylic oxidation sites excluding steroid dienone is 3. The van der Waals surface area contributed by atoms with E-state index in [9.17, 15) is 9.59 Å². The molecule has 0 radical (unpaired) electrons. The zero-order valence-corrected chi connectivity index (χ0v) is 8.96. The number of hydrogen-bond donors (Lipinski definition) is 1. The Hall–Kier alpha value is -1.62. The molecule has 1 fully saturated rings. The van der Waals surface area contributed by atoms with E-state index in [1.807, 2.05) is 4.90 Å². The lowest BCUT2D eigenvalue weighted by Gasteiger charge is -2.30. The monoisotopic (exact) mass is 225 g/mol. The Labute approximate surface area is 94.0 Å². The maximum absolute atomic E-state index is 10.7. The highest BCUT2D eigenvalue weighted by Crippen LogP contribution is 2.11. The van der Waals surface area contributed by atoms with E-state index >= 15 is 0 Å². The molecule has 0 spiro atoms. The lowest BCUT2D eigenvalue weighted by Crippen LogP contribution is -2.36. The van der Waals surface area contributed by atoms with E-state index in [1.165, 1.54) is 6.08 Å². The van der Waals surface area contributed by atoms with E-state index in [-0.39, 0.29) is 6.42 Å². The van der Waals surface area contributed by atoms with Gasteiger partial charge in [0, 0.05) is 18.8 Å². The molecule has 0 unspecified atom stereocenters. The number of morpholine rings is 1. The fourth-order valence-electron chi connectivity index (χ4n) is 1.49. The third kappa shape index (κ3) is 4.27. The molecule has 1 aliphatic rings. The molecule has 88 valence electrons. The van der Waals surface area contributed by atoms with Crippen LogP contribution in [0.2, 0.25) is 0 Å². The molecule has 0 aromatic heterocycles. The Morgan fingerprint density at radius 3 is 2.56 bits per heavy atom. The molecule has 0 bridgehead atoms. The van der Waals surface area contributed by atoms with Gasteiger partial charge in [0.2, 0.25) is 0 Å². The van der Waals surface area contributed by atoms with Gasteiger partial charge in [0.05, 0.1) is 19.6 Å². The quantitative estimate of drug-likeness (QED) is 0.417. The third-order valence-electron chi connectivity index (χ3n) is 2.23. The Morgan fingerprint density at radius 1 is 1.31 bits per heavy atom. The first kappa shape index (κ1) is 12.4. The largest absolute Gasteiger partial charge is 0.481 e. The number of rotatable bonds is 5. The highest BCUT2D eigenvalue weighted by molar-refractivity contribution is 5.70. The Balaban J connectivity index is 2.68. The van der Waals surface area contributed by atoms with Gasteiger partial charge in [-0.05, 0) is 12.2 Å². The summed E-state index contributed by atoms with van der Waals surface area (Å²) in [5.74, 6) is -0.878. The lowest BCUT2D eigenvalue weighted by atomic mass is 10.2. The van der Waals surface area contributed by atoms with Gasteiger partial charge in [-0.2, -0.15) is 0 Å². The van der Waals surface area contributed by atoms with Crippen molar-refractivity contribution >= 4 is 12.3 Å². The van der Waals surface area contributed by atoms with Crippen molar-refractivity contribution < 1.29 is 19.4 Å². The van der Waals surface area contributed by atoms with Gasteiger partial charge in [0.15, 0.2) is 0 Å². The predicted octanol–water partition coefficient (Wildman–Crippen LogP) is 0.432. The summed E-state index contributed by atoms with van der Waals surface area (Å²) in [6.07, 6.45) is 5.17. The van der Waals surface area contributed by atoms with Crippen molar-refractivity contribution in [2.24, 2.45) is 0 Å². The molecule has 1 rings (SSSR count). The molecule has 1 N–H and O–H groups in total. The molecule has 1 saturated heterocycles. The van der Waals surface area contributed by atoms with Gasteiger partial charge in [0.1, 0.15) is 6.29 Å². The summed E-state index contributed by atoms with van der Waals surface area (Å²) >= 11 is 0. The predicted molar refractivity (Wildman–Crippen MR) is 57.9 cm³/mol. The van der Waals surface area contributed by atoms with Crippen molar-refractivity contribution in [3.8, 4) is 0 Å². The first-order chi connectivity index (χ1) is 7.74. The molecule has 0 aromatic carbocycles. The van der Waals surface area contributed by atoms with Gasteiger partial charge in [-0.15, -0.1) is 0 Å². The maximum atomic E-state index is 10.7. The molecule has 0 aliphatic carbocycles. The van der Waals surface area contributed by atoms with Crippen LogP contribution in [-0.2, 0) is 14.3 Å². The van der Waals surface area contributed by atoms with E-state index in [0.717, 1.165) is 0 Å². The van der Waals surface area contributed by atoms with Crippen LogP contribution in [0, 0.1) is 0 Å². The Bertz CT molecular complexity index is 303. The van der Waals surface area contributed by atoms with Crippen molar-refractivity contribution in [3.05, 3.63) is 23.9 Å². The minimum absolute atomic E-state index is 0.0385. The standard InChI is InChI=1S/C11H15NO4/c13-6-2-1-3-10(9-11(14)15)12-4-7-16-8-5-12/h1-3,6H,4-5,7-9H2,(H,14,15)/b2-1+,10-3-. The van der Waals surface area contributed by atoms with Crippen molar-refractivity contribution in [2.45, 2.75) is 6.42 Å². The number of carboxylic acids is 1. The number of carbonyl (C=O) groups is 2. The fourth-order valence-corrected chi connectivity index (χ4v) is 1.49. The number of carboxylic acid groups (broad SMARTS) is 1. The number of nitrogens with zero attached hydrogens (tertiary/aromatic N) is 1. The molecule has 0 saturated carbocycles. The number of aliphatic carboxylic acids is 1. The summed E-state index contributed by atoms with van der Waals surface area (Å²) in [5.41, 5.74) is 0.703. The van der Waals surface area contributed by atoms with E-state index in [2.05, 4.69) is 0 Å². The van der Waals surface area contributed by atoms with Crippen molar-refractivity contribution in [1.29, 1.82) is 0 Å². The highest BCUT2D eigenvalue weighted by Gasteiger charge is 2.15. The van der Waals surface area contributed by atoms with Gasteiger partial charge >= 0.3 is 5.97 Å². The average molecular weight is 225 g/mol. The number of ether oxygens (including phenoxy) is 1. The first-order valence-corrected chi connectivity index (χ1v) is 5.09. The average Bonchev–Trinajstić information content (AvgIpc) is 2.29. The summed E-state index contributed by atoms with van der Waals surface area (Å²) < 4.78 is 5.19. The van der Waals surface area contributed by atoms with Crippen LogP contribution >= 0.6 is 0 Å². The summed E-state index contributed by atoms with van der Waals surface area (Å²) in [6.45, 7) is 2.59. The van der Waals surface area contributed by atoms with Gasteiger partial charge in [-0.25, -0.2) is 0 Å². The van der Waals surface area contributed by atoms with Crippen LogP contribution in [0.25, 0.3) is 0 Å². The third-order valence-corrected chi connectivity index (χ3v) is 2.23. The van der Waals surface area contributed by atoms with Gasteiger partial charge < -0.3 is 14.7 Å². The summed E-state index contributed by atoms with van der Waals surface area (Å²) in [6, 6.07) is 0. The smallest absolute Gasteiger partial charge is 0.309 e. The molecule has 0 atom stereocenters. The summed E-state index contributed by atoms with van der Waals surface area (Å²) in [5, 5.41) is 8.78. The van der Waals surface area contributed by atoms with Crippen LogP contribution in [0.3, 0.4) is 0 Å². The van der Waals surface area contributed by atoms with Crippen LogP contribution in [0.4, 0.5) is 0 Å². The lowest BCUT2D eigenvalue weighted by molar-refractivity contribution is -0.136. The molecule has 16 heavy (non-hydrogen) atoms. The molecular formula is C11H15NO4. The second-order valence-corrected chi connectivity index (χ2v) is 3.35. The molecule has 5 heteroatoms. The molecule has 0 amide bonds. The molecule has 1 heterocycles. The Kier molecular flexibility index (Phi) is 5.28. The van der Waals surface area contributed by atoms with Crippen molar-refractivity contribution in [1.82, 2.24) is 4.90 Å². The topological polar surface area (TPSA) is 66.8 Å². The number of carbonyl (C=O) groups excluding carboxylic acids is 1. The van der Waals surface area contributed by atoms with Gasteiger partial charge in [-0.1, -0.05) is 6.08 Å². The minimum Gasteiger partial charge on any atom is -0.481 e. The first-order valence-electron chi connectivity index (χ1n) is 5.09. The number of aldehydes is 1. The maximum Gasteiger partial charge on any atom is 0.309 e.